The third kappa shape index (κ3) is 2.81. The zero-order valence-electron chi connectivity index (χ0n) is 24.1. The van der Waals surface area contributed by atoms with Crippen molar-refractivity contribution in [2.45, 2.75) is 142 Å². The molecule has 8 aliphatic rings. The van der Waals surface area contributed by atoms with Gasteiger partial charge in [-0.25, -0.2) is 0 Å². The summed E-state index contributed by atoms with van der Waals surface area (Å²) < 4.78 is 12.3. The fraction of sp³-hybridized carbons (Fsp3) is 0.969. The summed E-state index contributed by atoms with van der Waals surface area (Å²) in [4.78, 5) is 12.1. The van der Waals surface area contributed by atoms with Crippen molar-refractivity contribution >= 4 is 5.97 Å². The summed E-state index contributed by atoms with van der Waals surface area (Å²) in [7, 11) is 0. The zero-order chi connectivity index (χ0) is 26.2. The molecule has 0 radical (unpaired) electrons. The number of aliphatic hydroxyl groups is 1. The summed E-state index contributed by atoms with van der Waals surface area (Å²) in [6, 6.07) is 1.34. The van der Waals surface area contributed by atoms with Crippen LogP contribution in [0, 0.1) is 51.2 Å². The number of ether oxygens (including phenoxy) is 2. The van der Waals surface area contributed by atoms with Crippen LogP contribution >= 0.6 is 0 Å². The van der Waals surface area contributed by atoms with Crippen molar-refractivity contribution < 1.29 is 19.4 Å². The Balaban J connectivity index is 1.30. The molecule has 2 N–H and O–H groups in total. The molecule has 5 heteroatoms. The van der Waals surface area contributed by atoms with Crippen LogP contribution in [0.2, 0.25) is 0 Å². The van der Waals surface area contributed by atoms with Crippen LogP contribution in [0.15, 0.2) is 0 Å². The van der Waals surface area contributed by atoms with Crippen LogP contribution in [0.4, 0.5) is 0 Å². The SMILES string of the molecule is CC(=O)O[C@@H]1CC[C@@]2(C)O[C@H](O)[C@@]1(C)[C@@H]2CC[C@]12[C@@H]3CCC[C@@]34CC[C@@H]3[C@@H]4N[C@H]1[C@@H](C(C)C)CC[C@]32C. The van der Waals surface area contributed by atoms with Crippen molar-refractivity contribution in [3.05, 3.63) is 0 Å². The Bertz CT molecular complexity index is 984. The summed E-state index contributed by atoms with van der Waals surface area (Å²) in [5.41, 5.74) is 0.348. The van der Waals surface area contributed by atoms with E-state index in [2.05, 4.69) is 39.9 Å². The van der Waals surface area contributed by atoms with Crippen LogP contribution in [0.25, 0.3) is 0 Å². The number of hydrogen-bond acceptors (Lipinski definition) is 5. The Morgan fingerprint density at radius 1 is 1.05 bits per heavy atom. The lowest BCUT2D eigenvalue weighted by molar-refractivity contribution is -0.249. The lowest BCUT2D eigenvalue weighted by atomic mass is 9.33. The number of carbonyl (C=O) groups is 1. The number of aliphatic hydroxyl groups excluding tert-OH is 1. The monoisotopic (exact) mass is 513 g/mol. The van der Waals surface area contributed by atoms with Gasteiger partial charge in [0.1, 0.15) is 6.10 Å². The Morgan fingerprint density at radius 2 is 1.84 bits per heavy atom. The maximum atomic E-state index is 12.1. The van der Waals surface area contributed by atoms with E-state index in [4.69, 9.17) is 9.47 Å². The molecular weight excluding hydrogens is 462 g/mol. The number of nitrogens with one attached hydrogen (secondary N) is 1. The van der Waals surface area contributed by atoms with Crippen LogP contribution < -0.4 is 5.32 Å². The molecule has 37 heavy (non-hydrogen) atoms. The molecule has 0 aromatic rings. The predicted octanol–water partition coefficient (Wildman–Crippen LogP) is 5.83. The summed E-state index contributed by atoms with van der Waals surface area (Å²) in [6.45, 7) is 13.5. The highest BCUT2D eigenvalue weighted by Gasteiger charge is 2.80. The van der Waals surface area contributed by atoms with E-state index in [1.165, 1.54) is 58.3 Å². The number of piperidine rings is 2. The molecule has 1 spiro atoms. The first-order chi connectivity index (χ1) is 17.4. The minimum absolute atomic E-state index is 0.193. The molecule has 0 unspecified atom stereocenters. The van der Waals surface area contributed by atoms with Gasteiger partial charge in [-0.05, 0) is 111 Å². The Labute approximate surface area is 224 Å². The minimum Gasteiger partial charge on any atom is -0.462 e. The van der Waals surface area contributed by atoms with Gasteiger partial charge in [-0.15, -0.1) is 0 Å². The molecule has 3 aliphatic heterocycles. The molecule has 0 aromatic heterocycles. The normalized spacial score (nSPS) is 59.1. The number of hydrogen-bond donors (Lipinski definition) is 2. The average Bonchev–Trinajstić information content (AvgIpc) is 3.44. The molecule has 13 atom stereocenters. The van der Waals surface area contributed by atoms with Gasteiger partial charge in [-0.3, -0.25) is 4.79 Å². The van der Waals surface area contributed by atoms with E-state index in [9.17, 15) is 9.90 Å². The van der Waals surface area contributed by atoms with Gasteiger partial charge in [0, 0.05) is 24.9 Å². The fourth-order valence-corrected chi connectivity index (χ4v) is 13.2. The van der Waals surface area contributed by atoms with E-state index in [0.717, 1.165) is 43.1 Å². The predicted molar refractivity (Wildman–Crippen MR) is 142 cm³/mol. The van der Waals surface area contributed by atoms with E-state index in [0.29, 0.717) is 28.2 Å². The van der Waals surface area contributed by atoms with Gasteiger partial charge in [0.25, 0.3) is 0 Å². The smallest absolute Gasteiger partial charge is 0.302 e. The molecule has 5 saturated carbocycles. The maximum Gasteiger partial charge on any atom is 0.302 e. The van der Waals surface area contributed by atoms with Crippen molar-refractivity contribution in [1.29, 1.82) is 0 Å². The Morgan fingerprint density at radius 3 is 2.57 bits per heavy atom. The van der Waals surface area contributed by atoms with Gasteiger partial charge < -0.3 is 19.9 Å². The van der Waals surface area contributed by atoms with Crippen molar-refractivity contribution in [3.8, 4) is 0 Å². The molecule has 208 valence electrons. The van der Waals surface area contributed by atoms with E-state index in [1.807, 2.05) is 0 Å². The summed E-state index contributed by atoms with van der Waals surface area (Å²) >= 11 is 0. The standard InChI is InChI=1S/C32H51NO4/c1-18(2)20-9-14-28(4)21-10-16-31-13-7-8-23(31)32(28,25(20)33-26(21)31)17-11-22-29(5)15-12-24(36-19(3)34)30(22,6)27(35)37-29/h18,20-27,33,35H,7-17H2,1-6H3/t20-,21-,22-,23-,24-,25+,26+,27+,28-,29-,30+,31-,32+/m1/s1. The second-order valence-electron chi connectivity index (χ2n) is 15.7. The van der Waals surface area contributed by atoms with Crippen molar-refractivity contribution in [1.82, 2.24) is 5.32 Å². The fourth-order valence-electron chi connectivity index (χ4n) is 13.2. The summed E-state index contributed by atoms with van der Waals surface area (Å²) in [6.07, 6.45) is 12.6. The van der Waals surface area contributed by atoms with Crippen molar-refractivity contribution in [3.63, 3.8) is 0 Å². The molecule has 0 amide bonds. The van der Waals surface area contributed by atoms with Crippen LogP contribution in [-0.4, -0.2) is 41.2 Å². The van der Waals surface area contributed by atoms with Crippen LogP contribution in [0.5, 0.6) is 0 Å². The summed E-state index contributed by atoms with van der Waals surface area (Å²) in [5, 5.41) is 15.7. The van der Waals surface area contributed by atoms with E-state index in [-0.39, 0.29) is 23.6 Å². The van der Waals surface area contributed by atoms with Crippen LogP contribution in [0.3, 0.4) is 0 Å². The van der Waals surface area contributed by atoms with E-state index < -0.39 is 11.7 Å². The highest BCUT2D eigenvalue weighted by molar-refractivity contribution is 5.66. The molecule has 0 aromatic carbocycles. The van der Waals surface area contributed by atoms with E-state index in [1.54, 1.807) is 0 Å². The quantitative estimate of drug-likeness (QED) is 0.453. The van der Waals surface area contributed by atoms with Gasteiger partial charge in [0.2, 0.25) is 0 Å². The Hall–Kier alpha value is -0.650. The van der Waals surface area contributed by atoms with Crippen molar-refractivity contribution in [2.75, 3.05) is 0 Å². The molecule has 3 heterocycles. The second-order valence-corrected chi connectivity index (χ2v) is 15.7. The number of esters is 1. The largest absolute Gasteiger partial charge is 0.462 e. The highest BCUT2D eigenvalue weighted by atomic mass is 16.6. The first-order valence-electron chi connectivity index (χ1n) is 15.7. The highest BCUT2D eigenvalue weighted by Crippen LogP contribution is 2.81. The van der Waals surface area contributed by atoms with Crippen LogP contribution in [0.1, 0.15) is 112 Å². The number of carbonyl (C=O) groups excluding carboxylic acids is 1. The molecule has 3 saturated heterocycles. The van der Waals surface area contributed by atoms with Crippen molar-refractivity contribution in [2.24, 2.45) is 51.2 Å². The van der Waals surface area contributed by atoms with E-state index >= 15 is 0 Å². The number of fused-ring (bicyclic) bond motifs is 2. The van der Waals surface area contributed by atoms with Gasteiger partial charge >= 0.3 is 5.97 Å². The molecule has 5 nitrogen and oxygen atoms in total. The zero-order valence-corrected chi connectivity index (χ0v) is 24.1. The van der Waals surface area contributed by atoms with Gasteiger partial charge in [0.15, 0.2) is 6.29 Å². The lowest BCUT2D eigenvalue weighted by Crippen LogP contribution is -2.80. The first kappa shape index (κ1) is 25.3. The van der Waals surface area contributed by atoms with Crippen LogP contribution in [-0.2, 0) is 14.3 Å². The molecular formula is C32H51NO4. The first-order valence-corrected chi connectivity index (χ1v) is 15.7. The Kier molecular flexibility index (Phi) is 5.31. The number of rotatable bonds is 5. The van der Waals surface area contributed by atoms with Gasteiger partial charge in [-0.2, -0.15) is 0 Å². The molecule has 8 bridgehead atoms. The molecule has 5 aliphatic carbocycles. The maximum absolute atomic E-state index is 12.1. The van der Waals surface area contributed by atoms with Gasteiger partial charge in [0.05, 0.1) is 11.0 Å². The third-order valence-corrected chi connectivity index (χ3v) is 14.6. The molecule has 8 fully saturated rings. The average molecular weight is 514 g/mol. The van der Waals surface area contributed by atoms with Gasteiger partial charge in [-0.1, -0.05) is 34.1 Å². The minimum atomic E-state index is -0.875. The second kappa shape index (κ2) is 7.75. The lowest BCUT2D eigenvalue weighted by Gasteiger charge is -2.76. The topological polar surface area (TPSA) is 67.8 Å². The molecule has 8 rings (SSSR count). The summed E-state index contributed by atoms with van der Waals surface area (Å²) in [5.74, 6) is 3.05. The third-order valence-electron chi connectivity index (χ3n) is 14.6.